The summed E-state index contributed by atoms with van der Waals surface area (Å²) in [6.07, 6.45) is 0. The molecule has 2 nitrogen and oxygen atoms in total. The monoisotopic (exact) mass is 365 g/mol. The highest BCUT2D eigenvalue weighted by Crippen LogP contribution is 2.47. The molecule has 0 spiro atoms. The van der Waals surface area contributed by atoms with E-state index in [4.69, 9.17) is 16.0 Å². The zero-order chi connectivity index (χ0) is 17.1. The summed E-state index contributed by atoms with van der Waals surface area (Å²) < 4.78 is 5.90. The van der Waals surface area contributed by atoms with Crippen molar-refractivity contribution in [1.29, 1.82) is 0 Å². The van der Waals surface area contributed by atoms with Gasteiger partial charge in [-0.3, -0.25) is 0 Å². The molecule has 3 aromatic carbocycles. The molecule has 0 aliphatic rings. The summed E-state index contributed by atoms with van der Waals surface area (Å²) in [5.41, 5.74) is 3.89. The van der Waals surface area contributed by atoms with Gasteiger partial charge in [0.15, 0.2) is 5.58 Å². The van der Waals surface area contributed by atoms with E-state index in [0.29, 0.717) is 5.22 Å². The maximum absolute atomic E-state index is 6.87. The SMILES string of the molecule is ClC(c1ccccc1)C(Sc1nc2ccccc2o1)c1ccccc1. The van der Waals surface area contributed by atoms with Crippen LogP contribution in [0.25, 0.3) is 11.1 Å². The third kappa shape index (κ3) is 3.58. The Labute approximate surface area is 155 Å². The van der Waals surface area contributed by atoms with Gasteiger partial charge in [-0.25, -0.2) is 4.98 Å². The minimum Gasteiger partial charge on any atom is -0.431 e. The molecule has 0 saturated heterocycles. The fourth-order valence-electron chi connectivity index (χ4n) is 2.76. The molecule has 1 heterocycles. The number of benzene rings is 3. The fraction of sp³-hybridized carbons (Fsp3) is 0.0952. The Bertz CT molecular complexity index is 922. The number of fused-ring (bicyclic) bond motifs is 1. The molecule has 0 saturated carbocycles. The van der Waals surface area contributed by atoms with Crippen molar-refractivity contribution in [2.45, 2.75) is 15.8 Å². The Balaban J connectivity index is 1.70. The molecule has 0 bridgehead atoms. The van der Waals surface area contributed by atoms with Crippen LogP contribution in [0.1, 0.15) is 21.8 Å². The fourth-order valence-corrected chi connectivity index (χ4v) is 4.28. The third-order valence-electron chi connectivity index (χ3n) is 4.01. The summed E-state index contributed by atoms with van der Waals surface area (Å²) >= 11 is 8.43. The maximum atomic E-state index is 6.87. The van der Waals surface area contributed by atoms with E-state index in [1.54, 1.807) is 11.8 Å². The van der Waals surface area contributed by atoms with Crippen molar-refractivity contribution in [1.82, 2.24) is 4.98 Å². The molecule has 1 aromatic heterocycles. The number of para-hydroxylation sites is 2. The van der Waals surface area contributed by atoms with E-state index in [1.165, 1.54) is 0 Å². The van der Waals surface area contributed by atoms with E-state index in [9.17, 15) is 0 Å². The van der Waals surface area contributed by atoms with Crippen molar-refractivity contribution in [2.24, 2.45) is 0 Å². The summed E-state index contributed by atoms with van der Waals surface area (Å²) in [6, 6.07) is 28.2. The van der Waals surface area contributed by atoms with Crippen molar-refractivity contribution in [3.8, 4) is 0 Å². The Kier molecular flexibility index (Phi) is 4.77. The lowest BCUT2D eigenvalue weighted by Gasteiger charge is -2.21. The zero-order valence-corrected chi connectivity index (χ0v) is 15.0. The first-order chi connectivity index (χ1) is 12.3. The van der Waals surface area contributed by atoms with Crippen LogP contribution >= 0.6 is 23.4 Å². The lowest BCUT2D eigenvalue weighted by molar-refractivity contribution is 0.488. The largest absolute Gasteiger partial charge is 0.431 e. The number of oxazole rings is 1. The molecule has 4 heteroatoms. The first kappa shape index (κ1) is 16.2. The van der Waals surface area contributed by atoms with Crippen LogP contribution in [0.5, 0.6) is 0 Å². The topological polar surface area (TPSA) is 26.0 Å². The second-order valence-corrected chi connectivity index (χ2v) is 7.27. The van der Waals surface area contributed by atoms with Crippen molar-refractivity contribution in [3.05, 3.63) is 96.1 Å². The average Bonchev–Trinajstić information content (AvgIpc) is 3.09. The van der Waals surface area contributed by atoms with Gasteiger partial charge in [-0.15, -0.1) is 11.6 Å². The molecule has 0 aliphatic carbocycles. The molecule has 4 aromatic rings. The number of hydrogen-bond acceptors (Lipinski definition) is 3. The van der Waals surface area contributed by atoms with E-state index >= 15 is 0 Å². The van der Waals surface area contributed by atoms with Crippen LogP contribution < -0.4 is 0 Å². The van der Waals surface area contributed by atoms with E-state index in [1.807, 2.05) is 60.7 Å². The normalized spacial score (nSPS) is 13.6. The molecule has 0 aliphatic heterocycles. The Morgan fingerprint density at radius 1 is 0.760 bits per heavy atom. The Hall–Kier alpha value is -2.23. The molecule has 2 atom stereocenters. The lowest BCUT2D eigenvalue weighted by atomic mass is 10.0. The molecule has 0 N–H and O–H groups in total. The van der Waals surface area contributed by atoms with Crippen LogP contribution in [0.4, 0.5) is 0 Å². The summed E-state index contributed by atoms with van der Waals surface area (Å²) in [4.78, 5) is 4.59. The van der Waals surface area contributed by atoms with Crippen LogP contribution in [0.3, 0.4) is 0 Å². The maximum Gasteiger partial charge on any atom is 0.257 e. The molecule has 4 rings (SSSR count). The smallest absolute Gasteiger partial charge is 0.257 e. The first-order valence-electron chi connectivity index (χ1n) is 8.07. The molecule has 0 fully saturated rings. The van der Waals surface area contributed by atoms with Gasteiger partial charge in [-0.2, -0.15) is 0 Å². The predicted molar refractivity (Wildman–Crippen MR) is 104 cm³/mol. The van der Waals surface area contributed by atoms with Crippen LogP contribution in [0.15, 0.2) is 94.6 Å². The standard InChI is InChI=1S/C21H16ClNOS/c22-19(15-9-3-1-4-10-15)20(16-11-5-2-6-12-16)25-21-23-17-13-7-8-14-18(17)24-21/h1-14,19-20H. The van der Waals surface area contributed by atoms with E-state index in [0.717, 1.165) is 22.2 Å². The zero-order valence-electron chi connectivity index (χ0n) is 13.4. The molecule has 124 valence electrons. The Morgan fingerprint density at radius 2 is 1.36 bits per heavy atom. The molecule has 2 unspecified atom stereocenters. The number of alkyl halides is 1. The number of halogens is 1. The quantitative estimate of drug-likeness (QED) is 0.293. The van der Waals surface area contributed by atoms with Gasteiger partial charge in [0.2, 0.25) is 0 Å². The summed E-state index contributed by atoms with van der Waals surface area (Å²) in [6.45, 7) is 0. The molecular weight excluding hydrogens is 350 g/mol. The van der Waals surface area contributed by atoms with Crippen LogP contribution in [0.2, 0.25) is 0 Å². The van der Waals surface area contributed by atoms with Crippen LogP contribution in [-0.4, -0.2) is 4.98 Å². The minimum atomic E-state index is -0.191. The second kappa shape index (κ2) is 7.34. The highest BCUT2D eigenvalue weighted by Gasteiger charge is 2.26. The predicted octanol–water partition coefficient (Wildman–Crippen LogP) is 6.64. The second-order valence-electron chi connectivity index (χ2n) is 5.71. The molecule has 25 heavy (non-hydrogen) atoms. The van der Waals surface area contributed by atoms with Crippen molar-refractivity contribution >= 4 is 34.5 Å². The number of thioether (sulfide) groups is 1. The van der Waals surface area contributed by atoms with Crippen LogP contribution in [0, 0.1) is 0 Å². The van der Waals surface area contributed by atoms with Gasteiger partial charge in [0.1, 0.15) is 5.52 Å². The highest BCUT2D eigenvalue weighted by atomic mass is 35.5. The van der Waals surface area contributed by atoms with Crippen molar-refractivity contribution in [3.63, 3.8) is 0 Å². The van der Waals surface area contributed by atoms with Crippen molar-refractivity contribution < 1.29 is 4.42 Å². The summed E-state index contributed by atoms with van der Waals surface area (Å²) in [5, 5.41) is 0.443. The third-order valence-corrected chi connectivity index (χ3v) is 5.84. The number of nitrogens with zero attached hydrogens (tertiary/aromatic N) is 1. The Morgan fingerprint density at radius 3 is 2.04 bits per heavy atom. The average molecular weight is 366 g/mol. The van der Waals surface area contributed by atoms with E-state index in [2.05, 4.69) is 29.2 Å². The lowest BCUT2D eigenvalue weighted by Crippen LogP contribution is -2.03. The summed E-state index contributed by atoms with van der Waals surface area (Å²) in [5.74, 6) is 0. The van der Waals surface area contributed by atoms with Gasteiger partial charge >= 0.3 is 0 Å². The minimum absolute atomic E-state index is 0.00155. The number of aromatic nitrogens is 1. The van der Waals surface area contributed by atoms with Gasteiger partial charge in [-0.05, 0) is 23.3 Å². The molecule has 0 amide bonds. The van der Waals surface area contributed by atoms with Crippen molar-refractivity contribution in [2.75, 3.05) is 0 Å². The molecular formula is C21H16ClNOS. The van der Waals surface area contributed by atoms with Gasteiger partial charge < -0.3 is 4.42 Å². The van der Waals surface area contributed by atoms with E-state index < -0.39 is 0 Å². The number of hydrogen-bond donors (Lipinski definition) is 0. The van der Waals surface area contributed by atoms with Crippen LogP contribution in [-0.2, 0) is 0 Å². The summed E-state index contributed by atoms with van der Waals surface area (Å²) in [7, 11) is 0. The van der Waals surface area contributed by atoms with Gasteiger partial charge in [0.25, 0.3) is 5.22 Å². The highest BCUT2D eigenvalue weighted by molar-refractivity contribution is 7.99. The van der Waals surface area contributed by atoms with Gasteiger partial charge in [-0.1, -0.05) is 84.6 Å². The van der Waals surface area contributed by atoms with Gasteiger partial charge in [0.05, 0.1) is 10.6 Å². The first-order valence-corrected chi connectivity index (χ1v) is 9.39. The number of rotatable bonds is 5. The van der Waals surface area contributed by atoms with Gasteiger partial charge in [0, 0.05) is 0 Å². The van der Waals surface area contributed by atoms with E-state index in [-0.39, 0.29) is 10.6 Å². The molecule has 0 radical (unpaired) electrons.